The topological polar surface area (TPSA) is 262 Å². The van der Waals surface area contributed by atoms with Gasteiger partial charge in [-0.15, -0.1) is 0 Å². The van der Waals surface area contributed by atoms with Gasteiger partial charge in [0.25, 0.3) is 23.6 Å². The monoisotopic (exact) mass is 831 g/mol. The predicted molar refractivity (Wildman–Crippen MR) is 226 cm³/mol. The van der Waals surface area contributed by atoms with Crippen LogP contribution in [0.3, 0.4) is 0 Å². The summed E-state index contributed by atoms with van der Waals surface area (Å²) in [5.41, 5.74) is 1.60. The van der Waals surface area contributed by atoms with Crippen molar-refractivity contribution < 1.29 is 58.7 Å². The molecular formula is C44H41N5O12. The number of rotatable bonds is 16. The highest BCUT2D eigenvalue weighted by Crippen LogP contribution is 2.41. The van der Waals surface area contributed by atoms with E-state index in [0.29, 0.717) is 16.9 Å². The van der Waals surface area contributed by atoms with E-state index in [-0.39, 0.29) is 71.0 Å². The number of anilines is 4. The van der Waals surface area contributed by atoms with E-state index < -0.39 is 46.7 Å². The van der Waals surface area contributed by atoms with E-state index >= 15 is 0 Å². The second-order valence-corrected chi connectivity index (χ2v) is 13.0. The Hall–Kier alpha value is -8.34. The molecule has 5 amide bonds. The average Bonchev–Trinajstić information content (AvgIpc) is 3.23. The molecule has 0 saturated carbocycles. The number of nitrogens with one attached hydrogen (secondary N) is 5. The number of phenolic OH excluding ortho intramolecular Hbond substituents is 2. The fourth-order valence-electron chi connectivity index (χ4n) is 5.65. The molecule has 0 aliphatic carbocycles. The van der Waals surface area contributed by atoms with E-state index in [1.807, 2.05) is 0 Å². The lowest BCUT2D eigenvalue weighted by Crippen LogP contribution is -2.32. The molecule has 0 radical (unpaired) electrons. The number of carboxylic acids is 1. The molecule has 5 aromatic carbocycles. The maximum absolute atomic E-state index is 13.2. The molecular weight excluding hydrogens is 791 g/mol. The minimum absolute atomic E-state index is 0.0288. The fourth-order valence-corrected chi connectivity index (χ4v) is 5.65. The number of aromatic hydroxyl groups is 3. The summed E-state index contributed by atoms with van der Waals surface area (Å²) >= 11 is 0. The highest BCUT2D eigenvalue weighted by molar-refractivity contribution is 6.11. The van der Waals surface area contributed by atoms with Gasteiger partial charge in [0.05, 0.1) is 36.7 Å². The highest BCUT2D eigenvalue weighted by atomic mass is 16.5. The summed E-state index contributed by atoms with van der Waals surface area (Å²) in [6, 6.07) is 23.1. The van der Waals surface area contributed by atoms with Crippen molar-refractivity contribution >= 4 is 64.3 Å². The summed E-state index contributed by atoms with van der Waals surface area (Å²) < 4.78 is 10.9. The Morgan fingerprint density at radius 1 is 0.574 bits per heavy atom. The summed E-state index contributed by atoms with van der Waals surface area (Å²) in [5, 5.41) is 53.2. The molecule has 61 heavy (non-hydrogen) atoms. The zero-order chi connectivity index (χ0) is 44.2. The Kier molecular flexibility index (Phi) is 14.3. The van der Waals surface area contributed by atoms with Crippen molar-refractivity contribution in [2.45, 2.75) is 20.8 Å². The SMILES string of the molecule is CCOc1c(NC(=O)c2ccc(NC(=O)c3ccc(NC(=O)CNC(=O)c4ccc(NC(=O)/C(C)=C/c5ccc(O)cc5)cc4)cc3)c(OCC)c2O)ccc(C(=O)O)c1O. The fraction of sp³-hybridized carbons (Fsp3) is 0.136. The van der Waals surface area contributed by atoms with Crippen molar-refractivity contribution in [2.75, 3.05) is 41.0 Å². The van der Waals surface area contributed by atoms with Crippen LogP contribution in [0.1, 0.15) is 67.8 Å². The van der Waals surface area contributed by atoms with Crippen LogP contribution in [0.2, 0.25) is 0 Å². The predicted octanol–water partition coefficient (Wildman–Crippen LogP) is 6.21. The molecule has 0 saturated heterocycles. The van der Waals surface area contributed by atoms with Crippen LogP contribution in [0, 0.1) is 0 Å². The lowest BCUT2D eigenvalue weighted by atomic mass is 10.1. The number of carbonyl (C=O) groups excluding carboxylic acids is 5. The summed E-state index contributed by atoms with van der Waals surface area (Å²) in [7, 11) is 0. The Bertz CT molecular complexity index is 2500. The number of hydrogen-bond donors (Lipinski definition) is 9. The van der Waals surface area contributed by atoms with Crippen molar-refractivity contribution in [3.63, 3.8) is 0 Å². The first-order chi connectivity index (χ1) is 29.2. The van der Waals surface area contributed by atoms with Crippen LogP contribution < -0.4 is 36.1 Å². The third kappa shape index (κ3) is 11.2. The number of phenols is 3. The molecule has 9 N–H and O–H groups in total. The number of carboxylic acid groups (broad SMARTS) is 1. The van der Waals surface area contributed by atoms with Crippen LogP contribution in [-0.2, 0) is 9.59 Å². The molecule has 5 aromatic rings. The van der Waals surface area contributed by atoms with E-state index in [2.05, 4.69) is 26.6 Å². The van der Waals surface area contributed by atoms with E-state index in [4.69, 9.17) is 9.47 Å². The van der Waals surface area contributed by atoms with E-state index in [1.54, 1.807) is 51.1 Å². The number of ether oxygens (including phenoxy) is 2. The Labute approximate surface area is 348 Å². The molecule has 0 spiro atoms. The number of hydrogen-bond acceptors (Lipinski definition) is 11. The maximum atomic E-state index is 13.2. The van der Waals surface area contributed by atoms with E-state index in [1.165, 1.54) is 66.7 Å². The van der Waals surface area contributed by atoms with Gasteiger partial charge in [-0.05, 0) is 117 Å². The van der Waals surface area contributed by atoms with Crippen molar-refractivity contribution in [1.29, 1.82) is 0 Å². The van der Waals surface area contributed by atoms with E-state index in [0.717, 1.165) is 11.6 Å². The third-order valence-corrected chi connectivity index (χ3v) is 8.69. The van der Waals surface area contributed by atoms with Gasteiger partial charge in [0.1, 0.15) is 11.3 Å². The molecule has 0 aliphatic heterocycles. The van der Waals surface area contributed by atoms with Crippen molar-refractivity contribution in [1.82, 2.24) is 5.32 Å². The smallest absolute Gasteiger partial charge is 0.339 e. The second-order valence-electron chi connectivity index (χ2n) is 13.0. The molecule has 314 valence electrons. The molecule has 0 bridgehead atoms. The normalized spacial score (nSPS) is 10.8. The summed E-state index contributed by atoms with van der Waals surface area (Å²) in [6.45, 7) is 4.58. The van der Waals surface area contributed by atoms with Crippen molar-refractivity contribution in [3.8, 4) is 28.7 Å². The minimum Gasteiger partial charge on any atom is -0.508 e. The number of aromatic carboxylic acids is 1. The molecule has 0 aromatic heterocycles. The quantitative estimate of drug-likeness (QED) is 0.0503. The van der Waals surface area contributed by atoms with Gasteiger partial charge in [-0.25, -0.2) is 4.79 Å². The van der Waals surface area contributed by atoms with Gasteiger partial charge in [0, 0.05) is 28.1 Å². The molecule has 0 atom stereocenters. The van der Waals surface area contributed by atoms with Crippen LogP contribution in [-0.4, -0.2) is 75.7 Å². The van der Waals surface area contributed by atoms with Crippen molar-refractivity contribution in [2.24, 2.45) is 0 Å². The van der Waals surface area contributed by atoms with Crippen molar-refractivity contribution in [3.05, 3.63) is 130 Å². The highest BCUT2D eigenvalue weighted by Gasteiger charge is 2.24. The summed E-state index contributed by atoms with van der Waals surface area (Å²) in [6.07, 6.45) is 1.66. The van der Waals surface area contributed by atoms with Crippen LogP contribution in [0.5, 0.6) is 28.7 Å². The minimum atomic E-state index is -1.41. The number of carbonyl (C=O) groups is 6. The first kappa shape index (κ1) is 43.8. The Morgan fingerprint density at radius 3 is 1.61 bits per heavy atom. The lowest BCUT2D eigenvalue weighted by Gasteiger charge is -2.17. The molecule has 17 nitrogen and oxygen atoms in total. The standard InChI is InChI=1S/C44H41N5O12/c1-4-60-38-33(20-18-31(36(38)52)43(57)49-34-21-19-32(44(58)59)37(53)39(34)61-5-2)48-42(56)27-10-12-28(13-11-27)46-35(51)23-45-41(55)26-8-14-29(15-9-26)47-40(54)24(3)22-25-6-16-30(50)17-7-25/h6-22,50,52-53H,4-5,23H2,1-3H3,(H,45,55)(H,46,51)(H,47,54)(H,48,56)(H,49,57)(H,58,59)/b24-22+. The van der Waals surface area contributed by atoms with Crippen LogP contribution >= 0.6 is 0 Å². The van der Waals surface area contributed by atoms with Gasteiger partial charge in [-0.3, -0.25) is 24.0 Å². The Balaban J connectivity index is 1.14. The third-order valence-electron chi connectivity index (χ3n) is 8.69. The first-order valence-corrected chi connectivity index (χ1v) is 18.6. The molecule has 17 heteroatoms. The van der Waals surface area contributed by atoms with Gasteiger partial charge >= 0.3 is 5.97 Å². The number of benzene rings is 5. The van der Waals surface area contributed by atoms with Gasteiger partial charge in [-0.1, -0.05) is 12.1 Å². The molecule has 5 rings (SSSR count). The molecule has 0 aliphatic rings. The zero-order valence-corrected chi connectivity index (χ0v) is 33.0. The lowest BCUT2D eigenvalue weighted by molar-refractivity contribution is -0.115. The van der Waals surface area contributed by atoms with Gasteiger partial charge in [-0.2, -0.15) is 0 Å². The number of amides is 5. The van der Waals surface area contributed by atoms with Gasteiger partial charge < -0.3 is 56.5 Å². The summed E-state index contributed by atoms with van der Waals surface area (Å²) in [5.74, 6) is -6.00. The van der Waals surface area contributed by atoms with Crippen LogP contribution in [0.25, 0.3) is 6.08 Å². The first-order valence-electron chi connectivity index (χ1n) is 18.6. The van der Waals surface area contributed by atoms with E-state index in [9.17, 15) is 49.2 Å². The maximum Gasteiger partial charge on any atom is 0.339 e. The van der Waals surface area contributed by atoms with Gasteiger partial charge in [0.15, 0.2) is 23.0 Å². The second kappa shape index (κ2) is 19.9. The summed E-state index contributed by atoms with van der Waals surface area (Å²) in [4.78, 5) is 75.8. The molecule has 0 heterocycles. The average molecular weight is 832 g/mol. The Morgan fingerprint density at radius 2 is 1.07 bits per heavy atom. The van der Waals surface area contributed by atoms with Crippen LogP contribution in [0.15, 0.2) is 103 Å². The van der Waals surface area contributed by atoms with Gasteiger partial charge in [0.2, 0.25) is 5.91 Å². The molecule has 0 unspecified atom stereocenters. The largest absolute Gasteiger partial charge is 0.508 e. The molecule has 0 fully saturated rings. The zero-order valence-electron chi connectivity index (χ0n) is 33.0. The van der Waals surface area contributed by atoms with Crippen LogP contribution in [0.4, 0.5) is 22.7 Å².